The van der Waals surface area contributed by atoms with Crippen molar-refractivity contribution in [2.24, 2.45) is 0 Å². The van der Waals surface area contributed by atoms with Gasteiger partial charge in [-0.05, 0) is 133 Å². The molecule has 8 rings (SSSR count). The third-order valence-corrected chi connectivity index (χ3v) is 11.7. The van der Waals surface area contributed by atoms with Crippen LogP contribution < -0.4 is 4.90 Å². The largest absolute Gasteiger partial charge is 0.311 e. The maximum atomic E-state index is 2.45. The van der Waals surface area contributed by atoms with Crippen molar-refractivity contribution in [1.29, 1.82) is 0 Å². The fourth-order valence-corrected chi connectivity index (χ4v) is 8.25. The van der Waals surface area contributed by atoms with Crippen LogP contribution in [0.5, 0.6) is 0 Å². The maximum absolute atomic E-state index is 2.45. The molecule has 0 bridgehead atoms. The van der Waals surface area contributed by atoms with E-state index >= 15 is 0 Å². The first-order chi connectivity index (χ1) is 27.4. The van der Waals surface area contributed by atoms with Crippen molar-refractivity contribution < 1.29 is 0 Å². The van der Waals surface area contributed by atoms with Crippen LogP contribution in [0.4, 0.5) is 17.1 Å². The lowest BCUT2D eigenvalue weighted by Gasteiger charge is -2.26. The Hall–Kier alpha value is -5.86. The fourth-order valence-electron chi connectivity index (χ4n) is 8.25. The molecule has 0 aliphatic rings. The molecule has 0 radical (unpaired) electrons. The van der Waals surface area contributed by atoms with Crippen LogP contribution >= 0.6 is 0 Å². The Morgan fingerprint density at radius 2 is 1.14 bits per heavy atom. The van der Waals surface area contributed by atoms with Gasteiger partial charge in [-0.3, -0.25) is 0 Å². The second kappa shape index (κ2) is 16.5. The molecule has 56 heavy (non-hydrogen) atoms. The van der Waals surface area contributed by atoms with Gasteiger partial charge in [0.1, 0.15) is 0 Å². The van der Waals surface area contributed by atoms with Gasteiger partial charge in [0.2, 0.25) is 0 Å². The molecule has 0 saturated carbocycles. The van der Waals surface area contributed by atoms with Gasteiger partial charge in [-0.1, -0.05) is 148 Å². The van der Waals surface area contributed by atoms with Crippen LogP contribution in [0.25, 0.3) is 49.7 Å². The summed E-state index contributed by atoms with van der Waals surface area (Å²) in [7, 11) is 0. The van der Waals surface area contributed by atoms with Crippen molar-refractivity contribution >= 4 is 38.9 Å². The minimum absolute atomic E-state index is 0.542. The van der Waals surface area contributed by atoms with Crippen molar-refractivity contribution in [3.8, 4) is 27.9 Å². The van der Waals surface area contributed by atoms with Crippen LogP contribution in [-0.4, -0.2) is 4.57 Å². The van der Waals surface area contributed by atoms with Gasteiger partial charge in [0, 0.05) is 33.5 Å². The standard InChI is InChI=1S/C54H54N2/c1-6-8-9-10-13-41-19-28-48(29-20-41)56-53-15-12-11-14-50(53)51-35-25-44(37-54(51)56)52-36-39(4)18-34-49(52)43-23-32-47(33-24-43)55(45-26-16-38(3)17-27-45)46-30-21-42(22-31-46)40(5)7-2/h11-12,14-37,40H,6-10,13H2,1-5H3. The average molecular weight is 731 g/mol. The van der Waals surface area contributed by atoms with E-state index in [1.54, 1.807) is 0 Å². The number of hydrogen-bond donors (Lipinski definition) is 0. The monoisotopic (exact) mass is 730 g/mol. The lowest BCUT2D eigenvalue weighted by Crippen LogP contribution is -2.10. The summed E-state index contributed by atoms with van der Waals surface area (Å²) in [5.74, 6) is 0.542. The quantitative estimate of drug-likeness (QED) is 0.107. The summed E-state index contributed by atoms with van der Waals surface area (Å²) in [6, 6.07) is 59.1. The molecule has 0 aliphatic carbocycles. The molecule has 1 heterocycles. The summed E-state index contributed by atoms with van der Waals surface area (Å²) in [5, 5.41) is 2.56. The second-order valence-corrected chi connectivity index (χ2v) is 15.7. The average Bonchev–Trinajstić information content (AvgIpc) is 3.57. The molecular formula is C54H54N2. The zero-order chi connectivity index (χ0) is 38.6. The highest BCUT2D eigenvalue weighted by Gasteiger charge is 2.17. The topological polar surface area (TPSA) is 8.17 Å². The molecule has 8 aromatic rings. The molecular weight excluding hydrogens is 677 g/mol. The summed E-state index contributed by atoms with van der Waals surface area (Å²) in [6.45, 7) is 11.2. The Labute approximate surface area is 334 Å². The van der Waals surface area contributed by atoms with E-state index in [1.807, 2.05) is 0 Å². The number of hydrogen-bond acceptors (Lipinski definition) is 1. The van der Waals surface area contributed by atoms with Crippen LogP contribution in [0.15, 0.2) is 158 Å². The molecule has 0 N–H and O–H groups in total. The predicted octanol–water partition coefficient (Wildman–Crippen LogP) is 15.8. The molecule has 2 nitrogen and oxygen atoms in total. The zero-order valence-corrected chi connectivity index (χ0v) is 33.7. The Bertz CT molecular complexity index is 2550. The first-order valence-corrected chi connectivity index (χ1v) is 20.7. The number of rotatable bonds is 13. The normalized spacial score (nSPS) is 12.0. The Balaban J connectivity index is 1.17. The molecule has 0 amide bonds. The second-order valence-electron chi connectivity index (χ2n) is 15.7. The SMILES string of the molecule is CCCCCCc1ccc(-n2c3ccccc3c3ccc(-c4cc(C)ccc4-c4ccc(N(c5ccc(C)cc5)c5ccc(C(C)CC)cc5)cc4)cc32)cc1. The molecule has 1 atom stereocenters. The first-order valence-electron chi connectivity index (χ1n) is 20.7. The first kappa shape index (κ1) is 37.1. The minimum atomic E-state index is 0.542. The summed E-state index contributed by atoms with van der Waals surface area (Å²) < 4.78 is 2.45. The van der Waals surface area contributed by atoms with E-state index in [0.29, 0.717) is 5.92 Å². The van der Waals surface area contributed by atoms with E-state index in [4.69, 9.17) is 0 Å². The Kier molecular flexibility index (Phi) is 10.9. The molecule has 1 aromatic heterocycles. The number of aryl methyl sites for hydroxylation is 3. The van der Waals surface area contributed by atoms with Crippen LogP contribution in [-0.2, 0) is 6.42 Å². The smallest absolute Gasteiger partial charge is 0.0547 e. The van der Waals surface area contributed by atoms with Crippen molar-refractivity contribution in [2.75, 3.05) is 4.90 Å². The van der Waals surface area contributed by atoms with E-state index in [-0.39, 0.29) is 0 Å². The van der Waals surface area contributed by atoms with Crippen LogP contribution in [0.2, 0.25) is 0 Å². The number of nitrogens with zero attached hydrogens (tertiary/aromatic N) is 2. The van der Waals surface area contributed by atoms with E-state index in [1.165, 1.54) is 97.7 Å². The lowest BCUT2D eigenvalue weighted by molar-refractivity contribution is 0.667. The van der Waals surface area contributed by atoms with E-state index < -0.39 is 0 Å². The van der Waals surface area contributed by atoms with Gasteiger partial charge in [0.25, 0.3) is 0 Å². The molecule has 1 unspecified atom stereocenters. The molecule has 280 valence electrons. The van der Waals surface area contributed by atoms with Gasteiger partial charge < -0.3 is 9.47 Å². The van der Waals surface area contributed by atoms with Gasteiger partial charge in [-0.15, -0.1) is 0 Å². The van der Waals surface area contributed by atoms with E-state index in [9.17, 15) is 0 Å². The van der Waals surface area contributed by atoms with Gasteiger partial charge in [0.05, 0.1) is 11.0 Å². The maximum Gasteiger partial charge on any atom is 0.0547 e. The molecule has 2 heteroatoms. The number of anilines is 3. The molecule has 0 fully saturated rings. The lowest BCUT2D eigenvalue weighted by atomic mass is 9.92. The fraction of sp³-hybridized carbons (Fsp3) is 0.222. The van der Waals surface area contributed by atoms with Crippen LogP contribution in [0.1, 0.15) is 81.0 Å². The molecule has 0 saturated heterocycles. The highest BCUT2D eigenvalue weighted by atomic mass is 15.1. The van der Waals surface area contributed by atoms with E-state index in [0.717, 1.165) is 29.9 Å². The number of aromatic nitrogens is 1. The van der Waals surface area contributed by atoms with Crippen molar-refractivity contribution in [2.45, 2.75) is 79.1 Å². The number of benzene rings is 7. The van der Waals surface area contributed by atoms with Gasteiger partial charge in [-0.2, -0.15) is 0 Å². The van der Waals surface area contributed by atoms with Crippen molar-refractivity contribution in [1.82, 2.24) is 4.57 Å². The number of unbranched alkanes of at least 4 members (excludes halogenated alkanes) is 3. The van der Waals surface area contributed by atoms with E-state index in [2.05, 4.69) is 202 Å². The predicted molar refractivity (Wildman–Crippen MR) is 242 cm³/mol. The van der Waals surface area contributed by atoms with Gasteiger partial charge >= 0.3 is 0 Å². The van der Waals surface area contributed by atoms with Crippen molar-refractivity contribution in [3.05, 3.63) is 180 Å². The minimum Gasteiger partial charge on any atom is -0.311 e. The Morgan fingerprint density at radius 3 is 1.84 bits per heavy atom. The Morgan fingerprint density at radius 1 is 0.518 bits per heavy atom. The molecule has 7 aromatic carbocycles. The highest BCUT2D eigenvalue weighted by molar-refractivity contribution is 6.10. The third kappa shape index (κ3) is 7.54. The zero-order valence-electron chi connectivity index (χ0n) is 33.7. The number of fused-ring (bicyclic) bond motifs is 3. The third-order valence-electron chi connectivity index (χ3n) is 11.7. The van der Waals surface area contributed by atoms with Gasteiger partial charge in [0.15, 0.2) is 0 Å². The summed E-state index contributed by atoms with van der Waals surface area (Å²) in [6.07, 6.45) is 7.42. The summed E-state index contributed by atoms with van der Waals surface area (Å²) in [4.78, 5) is 2.37. The number of para-hydroxylation sites is 1. The van der Waals surface area contributed by atoms with Crippen LogP contribution in [0.3, 0.4) is 0 Å². The summed E-state index contributed by atoms with van der Waals surface area (Å²) in [5.41, 5.74) is 17.3. The molecule has 0 aliphatic heterocycles. The van der Waals surface area contributed by atoms with Crippen molar-refractivity contribution in [3.63, 3.8) is 0 Å². The molecule has 0 spiro atoms. The van der Waals surface area contributed by atoms with Gasteiger partial charge in [-0.25, -0.2) is 0 Å². The van der Waals surface area contributed by atoms with Crippen LogP contribution in [0, 0.1) is 13.8 Å². The highest BCUT2D eigenvalue weighted by Crippen LogP contribution is 2.41. The summed E-state index contributed by atoms with van der Waals surface area (Å²) >= 11 is 0.